The van der Waals surface area contributed by atoms with E-state index in [4.69, 9.17) is 4.74 Å². The van der Waals surface area contributed by atoms with Crippen LogP contribution in [0.4, 0.5) is 10.5 Å². The van der Waals surface area contributed by atoms with Crippen LogP contribution in [0, 0.1) is 10.1 Å². The molecule has 156 valence electrons. The summed E-state index contributed by atoms with van der Waals surface area (Å²) in [6, 6.07) is 4.69. The van der Waals surface area contributed by atoms with Gasteiger partial charge in [-0.3, -0.25) is 15.0 Å². The van der Waals surface area contributed by atoms with Crippen molar-refractivity contribution in [3.05, 3.63) is 51.2 Å². The summed E-state index contributed by atoms with van der Waals surface area (Å²) in [6.07, 6.45) is 4.53. The summed E-state index contributed by atoms with van der Waals surface area (Å²) in [4.78, 5) is 37.8. The molecule has 29 heavy (non-hydrogen) atoms. The molecule has 3 rings (SSSR count). The van der Waals surface area contributed by atoms with Gasteiger partial charge in [0.2, 0.25) is 0 Å². The maximum absolute atomic E-state index is 12.8. The highest BCUT2D eigenvalue weighted by molar-refractivity contribution is 5.95. The van der Waals surface area contributed by atoms with Gasteiger partial charge in [0, 0.05) is 24.4 Å². The van der Waals surface area contributed by atoms with Gasteiger partial charge in [0.05, 0.1) is 23.1 Å². The molecule has 0 spiro atoms. The first-order valence-corrected chi connectivity index (χ1v) is 9.94. The number of ether oxygens (including phenoxy) is 1. The van der Waals surface area contributed by atoms with E-state index in [1.807, 2.05) is 0 Å². The predicted molar refractivity (Wildman–Crippen MR) is 106 cm³/mol. The minimum absolute atomic E-state index is 0.0551. The Bertz CT molecular complexity index is 798. The number of hydrogen-bond acceptors (Lipinski definition) is 6. The van der Waals surface area contributed by atoms with Crippen LogP contribution in [0.2, 0.25) is 0 Å². The second-order valence-electron chi connectivity index (χ2n) is 7.18. The predicted octanol–water partition coefficient (Wildman–Crippen LogP) is 2.64. The summed E-state index contributed by atoms with van der Waals surface area (Å²) >= 11 is 0. The lowest BCUT2D eigenvalue weighted by Gasteiger charge is -2.31. The number of carbonyl (C=O) groups excluding carboxylic acids is 2. The fourth-order valence-electron chi connectivity index (χ4n) is 3.75. The van der Waals surface area contributed by atoms with E-state index in [9.17, 15) is 19.7 Å². The first-order chi connectivity index (χ1) is 14.0. The number of likely N-dealkylation sites (tertiary alicyclic amines) is 1. The van der Waals surface area contributed by atoms with Crippen molar-refractivity contribution in [3.8, 4) is 0 Å². The third-order valence-corrected chi connectivity index (χ3v) is 5.17. The molecule has 0 unspecified atom stereocenters. The average molecular weight is 402 g/mol. The minimum atomic E-state index is -0.731. The van der Waals surface area contributed by atoms with Crippen molar-refractivity contribution in [3.63, 3.8) is 0 Å². The number of carbonyl (C=O) groups is 2. The number of nitrogens with one attached hydrogen (secondary N) is 2. The molecule has 2 N–H and O–H groups in total. The number of nitro groups is 1. The summed E-state index contributed by atoms with van der Waals surface area (Å²) in [7, 11) is 0. The number of nitro benzene ring substituents is 1. The number of non-ortho nitro benzene ring substituents is 1. The number of hydrogen-bond donors (Lipinski definition) is 2. The lowest BCUT2D eigenvalue weighted by molar-refractivity contribution is -0.384. The number of rotatable bonds is 6. The molecule has 2 aliphatic heterocycles. The van der Waals surface area contributed by atoms with E-state index in [1.54, 1.807) is 19.1 Å². The van der Waals surface area contributed by atoms with Gasteiger partial charge in [-0.15, -0.1) is 0 Å². The molecule has 2 heterocycles. The van der Waals surface area contributed by atoms with Crippen LogP contribution >= 0.6 is 0 Å². The Morgan fingerprint density at radius 1 is 1.21 bits per heavy atom. The second kappa shape index (κ2) is 9.51. The summed E-state index contributed by atoms with van der Waals surface area (Å²) in [5, 5.41) is 16.5. The van der Waals surface area contributed by atoms with E-state index in [0.717, 1.165) is 25.9 Å². The zero-order valence-corrected chi connectivity index (χ0v) is 16.5. The minimum Gasteiger partial charge on any atom is -0.463 e. The van der Waals surface area contributed by atoms with Crippen LogP contribution in [0.1, 0.15) is 44.2 Å². The molecular weight excluding hydrogens is 376 g/mol. The number of nitrogens with zero attached hydrogens (tertiary/aromatic N) is 2. The molecule has 9 heteroatoms. The van der Waals surface area contributed by atoms with Crippen LogP contribution < -0.4 is 10.6 Å². The van der Waals surface area contributed by atoms with Crippen molar-refractivity contribution < 1.29 is 19.2 Å². The van der Waals surface area contributed by atoms with E-state index >= 15 is 0 Å². The fraction of sp³-hybridized carbons (Fsp3) is 0.500. The largest absolute Gasteiger partial charge is 0.463 e. The van der Waals surface area contributed by atoms with Gasteiger partial charge in [-0.05, 0) is 50.6 Å². The molecule has 9 nitrogen and oxygen atoms in total. The number of benzene rings is 1. The molecular formula is C20H26N4O5. The van der Waals surface area contributed by atoms with Gasteiger partial charge in [-0.1, -0.05) is 12.8 Å². The zero-order chi connectivity index (χ0) is 20.8. The molecule has 1 aromatic carbocycles. The van der Waals surface area contributed by atoms with E-state index < -0.39 is 23.0 Å². The van der Waals surface area contributed by atoms with E-state index in [-0.39, 0.29) is 12.3 Å². The van der Waals surface area contributed by atoms with Crippen LogP contribution in [0.5, 0.6) is 0 Å². The van der Waals surface area contributed by atoms with Gasteiger partial charge in [0.1, 0.15) is 0 Å². The molecule has 0 aromatic heterocycles. The fourth-order valence-corrected chi connectivity index (χ4v) is 3.75. The molecule has 0 radical (unpaired) electrons. The molecule has 2 aliphatic rings. The van der Waals surface area contributed by atoms with Crippen LogP contribution in [-0.2, 0) is 9.53 Å². The highest BCUT2D eigenvalue weighted by Gasteiger charge is 2.34. The van der Waals surface area contributed by atoms with Gasteiger partial charge in [0.25, 0.3) is 5.69 Å². The maximum atomic E-state index is 12.8. The van der Waals surface area contributed by atoms with Crippen LogP contribution in [-0.4, -0.2) is 48.1 Å². The Morgan fingerprint density at radius 3 is 2.45 bits per heavy atom. The Hall–Kier alpha value is -2.94. The van der Waals surface area contributed by atoms with Crippen LogP contribution in [0.15, 0.2) is 35.5 Å². The third kappa shape index (κ3) is 5.11. The lowest BCUT2D eigenvalue weighted by atomic mass is 9.94. The second-order valence-corrected chi connectivity index (χ2v) is 7.18. The molecule has 1 saturated heterocycles. The van der Waals surface area contributed by atoms with Gasteiger partial charge in [-0.25, -0.2) is 9.59 Å². The quantitative estimate of drug-likeness (QED) is 0.430. The Balaban J connectivity index is 1.96. The van der Waals surface area contributed by atoms with E-state index in [2.05, 4.69) is 15.5 Å². The standard InChI is InChI=1S/C20H26N4O5/c1-2-29-19(25)17-16(13-23-11-5-3-4-6-12-23)21-20(26)22-18(17)14-7-9-15(10-8-14)24(27)28/h7-10,18H,2-6,11-13H2,1H3,(H2,21,22,26)/t18-/m0/s1. The molecule has 0 aliphatic carbocycles. The third-order valence-electron chi connectivity index (χ3n) is 5.17. The first-order valence-electron chi connectivity index (χ1n) is 9.94. The molecule has 0 bridgehead atoms. The van der Waals surface area contributed by atoms with Crippen molar-refractivity contribution in [2.24, 2.45) is 0 Å². The summed E-state index contributed by atoms with van der Waals surface area (Å²) < 4.78 is 5.26. The van der Waals surface area contributed by atoms with E-state index in [0.29, 0.717) is 23.4 Å². The van der Waals surface area contributed by atoms with Crippen LogP contribution in [0.25, 0.3) is 0 Å². The van der Waals surface area contributed by atoms with Gasteiger partial charge in [-0.2, -0.15) is 0 Å². The summed E-state index contributed by atoms with van der Waals surface area (Å²) in [6.45, 7) is 4.20. The van der Waals surface area contributed by atoms with Gasteiger partial charge >= 0.3 is 12.0 Å². The summed E-state index contributed by atoms with van der Waals surface area (Å²) in [5.41, 5.74) is 1.39. The van der Waals surface area contributed by atoms with Gasteiger partial charge < -0.3 is 15.4 Å². The molecule has 1 fully saturated rings. The van der Waals surface area contributed by atoms with Crippen molar-refractivity contribution in [2.45, 2.75) is 38.6 Å². The topological polar surface area (TPSA) is 114 Å². The highest BCUT2D eigenvalue weighted by Crippen LogP contribution is 2.29. The first kappa shape index (κ1) is 20.8. The maximum Gasteiger partial charge on any atom is 0.338 e. The lowest BCUT2D eigenvalue weighted by Crippen LogP contribution is -2.48. The average Bonchev–Trinajstić information content (AvgIpc) is 2.96. The molecule has 1 atom stereocenters. The Morgan fingerprint density at radius 2 is 1.86 bits per heavy atom. The number of amides is 2. The highest BCUT2D eigenvalue weighted by atomic mass is 16.6. The molecule has 0 saturated carbocycles. The Labute approximate surface area is 169 Å². The smallest absolute Gasteiger partial charge is 0.338 e. The van der Waals surface area contributed by atoms with Gasteiger partial charge in [0.15, 0.2) is 0 Å². The molecule has 2 amide bonds. The normalized spacial score (nSPS) is 20.4. The monoisotopic (exact) mass is 402 g/mol. The van der Waals surface area contributed by atoms with Crippen LogP contribution in [0.3, 0.4) is 0 Å². The zero-order valence-electron chi connectivity index (χ0n) is 16.5. The Kier molecular flexibility index (Phi) is 6.82. The van der Waals surface area contributed by atoms with Crippen molar-refractivity contribution in [1.29, 1.82) is 0 Å². The van der Waals surface area contributed by atoms with E-state index in [1.165, 1.54) is 25.0 Å². The van der Waals surface area contributed by atoms with Crippen molar-refractivity contribution in [2.75, 3.05) is 26.2 Å². The number of esters is 1. The SMILES string of the molecule is CCOC(=O)C1=C(CN2CCCCCC2)NC(=O)N[C@H]1c1ccc([N+](=O)[O-])cc1. The van der Waals surface area contributed by atoms with Crippen molar-refractivity contribution >= 4 is 17.7 Å². The summed E-state index contributed by atoms with van der Waals surface area (Å²) in [5.74, 6) is -0.506. The number of urea groups is 1. The molecule has 1 aromatic rings. The van der Waals surface area contributed by atoms with Crippen molar-refractivity contribution in [1.82, 2.24) is 15.5 Å².